The second-order valence-corrected chi connectivity index (χ2v) is 4.43. The van der Waals surface area contributed by atoms with Crippen molar-refractivity contribution in [2.24, 2.45) is 5.10 Å². The molecular weight excluding hydrogens is 308 g/mol. The summed E-state index contributed by atoms with van der Waals surface area (Å²) in [6, 6.07) is 3.95. The third kappa shape index (κ3) is 4.00. The van der Waals surface area contributed by atoms with Gasteiger partial charge in [-0.2, -0.15) is 9.78 Å². The number of amides is 1. The number of nitro groups is 1. The van der Waals surface area contributed by atoms with Crippen molar-refractivity contribution in [2.75, 3.05) is 0 Å². The predicted octanol–water partition coefficient (Wildman–Crippen LogP) is 0.138. The summed E-state index contributed by atoms with van der Waals surface area (Å²) in [4.78, 5) is 24.8. The molecule has 0 spiro atoms. The molecule has 1 heterocycles. The number of benzene rings is 1. The lowest BCUT2D eigenvalue weighted by Crippen LogP contribution is -2.24. The number of hydrazone groups is 1. The monoisotopic (exact) mass is 320 g/mol. The van der Waals surface area contributed by atoms with Crippen LogP contribution < -0.4 is 5.43 Å². The van der Waals surface area contributed by atoms with Crippen LogP contribution >= 0.6 is 0 Å². The van der Waals surface area contributed by atoms with Crippen molar-refractivity contribution in [3.05, 3.63) is 40.2 Å². The first kappa shape index (κ1) is 15.9. The van der Waals surface area contributed by atoms with E-state index in [0.717, 1.165) is 17.1 Å². The molecular formula is C12H12N6O5. The zero-order valence-electron chi connectivity index (χ0n) is 11.9. The van der Waals surface area contributed by atoms with Crippen molar-refractivity contribution in [1.29, 1.82) is 0 Å². The summed E-state index contributed by atoms with van der Waals surface area (Å²) in [5.41, 5.74) is 2.87. The van der Waals surface area contributed by atoms with Crippen LogP contribution in [0, 0.1) is 10.1 Å². The van der Waals surface area contributed by atoms with E-state index in [-0.39, 0.29) is 18.0 Å². The van der Waals surface area contributed by atoms with Gasteiger partial charge < -0.3 is 20.3 Å². The SMILES string of the molecule is C/C(=N\NC(=O)Cn1cnc([N+](=O)[O-])n1)c1ccc(O)cc1O. The number of carbonyl (C=O) groups is 1. The maximum absolute atomic E-state index is 11.7. The van der Waals surface area contributed by atoms with Crippen molar-refractivity contribution in [2.45, 2.75) is 13.5 Å². The normalized spacial score (nSPS) is 11.3. The Hall–Kier alpha value is -3.50. The molecule has 0 aliphatic rings. The van der Waals surface area contributed by atoms with E-state index in [1.165, 1.54) is 12.1 Å². The summed E-state index contributed by atoms with van der Waals surface area (Å²) < 4.78 is 0.996. The van der Waals surface area contributed by atoms with E-state index in [1.54, 1.807) is 6.92 Å². The van der Waals surface area contributed by atoms with E-state index in [9.17, 15) is 25.1 Å². The van der Waals surface area contributed by atoms with Crippen molar-refractivity contribution < 1.29 is 19.9 Å². The van der Waals surface area contributed by atoms with Crippen LogP contribution in [0.5, 0.6) is 11.5 Å². The Morgan fingerprint density at radius 1 is 1.48 bits per heavy atom. The number of phenolic OH excluding ortho intramolecular Hbond substituents is 2. The zero-order valence-corrected chi connectivity index (χ0v) is 11.9. The Morgan fingerprint density at radius 3 is 2.83 bits per heavy atom. The Morgan fingerprint density at radius 2 is 2.22 bits per heavy atom. The number of hydrogen-bond donors (Lipinski definition) is 3. The van der Waals surface area contributed by atoms with E-state index in [0.29, 0.717) is 11.3 Å². The third-order valence-electron chi connectivity index (χ3n) is 2.71. The lowest BCUT2D eigenvalue weighted by molar-refractivity contribution is -0.394. The summed E-state index contributed by atoms with van der Waals surface area (Å²) in [5.74, 6) is -1.47. The number of hydrogen-bond acceptors (Lipinski definition) is 8. The topological polar surface area (TPSA) is 156 Å². The highest BCUT2D eigenvalue weighted by molar-refractivity contribution is 6.01. The van der Waals surface area contributed by atoms with Crippen molar-refractivity contribution in [3.63, 3.8) is 0 Å². The first-order valence-electron chi connectivity index (χ1n) is 6.26. The minimum atomic E-state index is -0.774. The van der Waals surface area contributed by atoms with E-state index in [2.05, 4.69) is 20.6 Å². The van der Waals surface area contributed by atoms with Crippen LogP contribution in [0.3, 0.4) is 0 Å². The lowest BCUT2D eigenvalue weighted by atomic mass is 10.1. The quantitative estimate of drug-likeness (QED) is 0.402. The molecule has 1 aromatic heterocycles. The smallest absolute Gasteiger partial charge is 0.490 e. The highest BCUT2D eigenvalue weighted by Crippen LogP contribution is 2.22. The summed E-state index contributed by atoms with van der Waals surface area (Å²) in [6.07, 6.45) is 1.06. The molecule has 0 unspecified atom stereocenters. The van der Waals surface area contributed by atoms with Crippen LogP contribution in [0.1, 0.15) is 12.5 Å². The average Bonchev–Trinajstić information content (AvgIpc) is 2.93. The molecule has 0 bridgehead atoms. The van der Waals surface area contributed by atoms with Gasteiger partial charge in [-0.1, -0.05) is 4.98 Å². The zero-order chi connectivity index (χ0) is 17.0. The molecule has 0 saturated heterocycles. The first-order valence-corrected chi connectivity index (χ1v) is 6.26. The minimum absolute atomic E-state index is 0.101. The summed E-state index contributed by atoms with van der Waals surface area (Å²) in [5, 5.41) is 36.6. The maximum Gasteiger partial charge on any atom is 0.490 e. The van der Waals surface area contributed by atoms with E-state index in [1.807, 2.05) is 0 Å². The largest absolute Gasteiger partial charge is 0.508 e. The van der Waals surface area contributed by atoms with Crippen molar-refractivity contribution in [1.82, 2.24) is 20.2 Å². The average molecular weight is 320 g/mol. The number of nitrogens with one attached hydrogen (secondary N) is 1. The van der Waals surface area contributed by atoms with Crippen molar-refractivity contribution >= 4 is 17.6 Å². The van der Waals surface area contributed by atoms with Gasteiger partial charge in [0, 0.05) is 16.7 Å². The van der Waals surface area contributed by atoms with Gasteiger partial charge in [0.25, 0.3) is 5.91 Å². The molecule has 1 aromatic carbocycles. The molecule has 0 fully saturated rings. The Balaban J connectivity index is 2.00. The fourth-order valence-electron chi connectivity index (χ4n) is 1.66. The Labute approximate surface area is 129 Å². The molecule has 2 aromatic rings. The van der Waals surface area contributed by atoms with Crippen LogP contribution in [0.4, 0.5) is 5.95 Å². The summed E-state index contributed by atoms with van der Waals surface area (Å²) >= 11 is 0. The number of phenols is 2. The third-order valence-corrected chi connectivity index (χ3v) is 2.71. The number of aromatic nitrogens is 3. The van der Waals surface area contributed by atoms with Crippen LogP contribution in [-0.2, 0) is 11.3 Å². The molecule has 0 aliphatic carbocycles. The van der Waals surface area contributed by atoms with Crippen LogP contribution in [0.15, 0.2) is 29.6 Å². The van der Waals surface area contributed by atoms with Crippen LogP contribution in [0.25, 0.3) is 0 Å². The number of aromatic hydroxyl groups is 2. The molecule has 0 saturated carbocycles. The van der Waals surface area contributed by atoms with Crippen LogP contribution in [-0.4, -0.2) is 41.5 Å². The van der Waals surface area contributed by atoms with Crippen molar-refractivity contribution in [3.8, 4) is 11.5 Å². The van der Waals surface area contributed by atoms with Crippen LogP contribution in [0.2, 0.25) is 0 Å². The van der Waals surface area contributed by atoms with E-state index >= 15 is 0 Å². The molecule has 11 nitrogen and oxygen atoms in total. The Bertz CT molecular complexity index is 784. The highest BCUT2D eigenvalue weighted by Gasteiger charge is 2.15. The molecule has 2 rings (SSSR count). The molecule has 0 atom stereocenters. The summed E-state index contributed by atoms with van der Waals surface area (Å²) in [7, 11) is 0. The fourth-order valence-corrected chi connectivity index (χ4v) is 1.66. The molecule has 0 aliphatic heterocycles. The number of nitrogens with zero attached hydrogens (tertiary/aromatic N) is 5. The van der Waals surface area contributed by atoms with Gasteiger partial charge >= 0.3 is 5.95 Å². The number of carbonyl (C=O) groups excluding carboxylic acids is 1. The fraction of sp³-hybridized carbons (Fsp3) is 0.167. The number of rotatable bonds is 5. The molecule has 1 amide bonds. The molecule has 120 valence electrons. The van der Waals surface area contributed by atoms with E-state index in [4.69, 9.17) is 0 Å². The second kappa shape index (κ2) is 6.51. The van der Waals surface area contributed by atoms with E-state index < -0.39 is 16.8 Å². The van der Waals surface area contributed by atoms with Gasteiger partial charge in [-0.25, -0.2) is 5.43 Å². The lowest BCUT2D eigenvalue weighted by Gasteiger charge is -2.05. The first-order chi connectivity index (χ1) is 10.9. The maximum atomic E-state index is 11.7. The van der Waals surface area contributed by atoms with Gasteiger partial charge in [0.2, 0.25) is 6.33 Å². The minimum Gasteiger partial charge on any atom is -0.508 e. The van der Waals surface area contributed by atoms with Gasteiger partial charge in [-0.3, -0.25) is 4.79 Å². The highest BCUT2D eigenvalue weighted by atomic mass is 16.6. The molecule has 0 radical (unpaired) electrons. The van der Waals surface area contributed by atoms with Gasteiger partial charge in [-0.15, -0.1) is 0 Å². The Kier molecular flexibility index (Phi) is 4.50. The molecule has 3 N–H and O–H groups in total. The summed E-state index contributed by atoms with van der Waals surface area (Å²) in [6.45, 7) is 1.24. The molecule has 23 heavy (non-hydrogen) atoms. The van der Waals surface area contributed by atoms with Gasteiger partial charge in [-0.05, 0) is 24.0 Å². The van der Waals surface area contributed by atoms with Gasteiger partial charge in [0.1, 0.15) is 18.0 Å². The van der Waals surface area contributed by atoms with Gasteiger partial charge in [0.15, 0.2) is 0 Å². The molecule has 11 heteroatoms. The van der Waals surface area contributed by atoms with Gasteiger partial charge in [0.05, 0.1) is 5.71 Å². The standard InChI is InChI=1S/C12H12N6O5/c1-7(9-3-2-8(19)4-10(9)20)14-15-11(21)5-17-6-13-12(16-17)18(22)23/h2-4,6,19-20H,5H2,1H3,(H,15,21)/b14-7+. The predicted molar refractivity (Wildman–Crippen MR) is 76.8 cm³/mol. The second-order valence-electron chi connectivity index (χ2n) is 4.43.